The second kappa shape index (κ2) is 11.3. The van der Waals surface area contributed by atoms with E-state index in [-0.39, 0.29) is 23.9 Å². The molecule has 39 heavy (non-hydrogen) atoms. The highest BCUT2D eigenvalue weighted by atomic mass is 16.6. The Bertz CT molecular complexity index is 1530. The van der Waals surface area contributed by atoms with Crippen molar-refractivity contribution in [2.45, 2.75) is 45.4 Å². The van der Waals surface area contributed by atoms with Gasteiger partial charge in [-0.2, -0.15) is 0 Å². The van der Waals surface area contributed by atoms with Crippen molar-refractivity contribution >= 4 is 39.5 Å². The Labute approximate surface area is 228 Å². The van der Waals surface area contributed by atoms with E-state index in [0.29, 0.717) is 17.8 Å². The average molecular weight is 526 g/mol. The number of fused-ring (bicyclic) bond motifs is 2. The molecule has 4 aromatic rings. The van der Waals surface area contributed by atoms with Crippen LogP contribution in [-0.2, 0) is 11.3 Å². The first-order valence-corrected chi connectivity index (χ1v) is 13.4. The van der Waals surface area contributed by atoms with Crippen LogP contribution in [0.5, 0.6) is 0 Å². The summed E-state index contributed by atoms with van der Waals surface area (Å²) in [6.45, 7) is 5.92. The van der Waals surface area contributed by atoms with Gasteiger partial charge in [0.15, 0.2) is 0 Å². The van der Waals surface area contributed by atoms with Crippen LogP contribution in [0.3, 0.4) is 0 Å². The molecule has 0 unspecified atom stereocenters. The number of likely N-dealkylation sites (tertiary alicyclic amines) is 1. The van der Waals surface area contributed by atoms with Crippen molar-refractivity contribution in [1.82, 2.24) is 20.1 Å². The zero-order valence-electron chi connectivity index (χ0n) is 22.7. The van der Waals surface area contributed by atoms with Crippen molar-refractivity contribution in [3.8, 4) is 0 Å². The van der Waals surface area contributed by atoms with Gasteiger partial charge in [0.25, 0.3) is 5.91 Å². The molecular formula is C31H35N5O3. The summed E-state index contributed by atoms with van der Waals surface area (Å²) < 4.78 is 7.15. The number of ether oxygens (including phenoxy) is 1. The monoisotopic (exact) mass is 525 g/mol. The number of aromatic nitrogens is 1. The molecule has 1 fully saturated rings. The first-order chi connectivity index (χ1) is 18.8. The Morgan fingerprint density at radius 2 is 1.74 bits per heavy atom. The molecule has 1 aliphatic rings. The maximum Gasteiger partial charge on any atom is 0.413 e. The smallest absolute Gasteiger partial charge is 0.413 e. The number of hydrogen-bond acceptors (Lipinski definition) is 5. The van der Waals surface area contributed by atoms with Crippen LogP contribution in [0, 0.1) is 5.41 Å². The van der Waals surface area contributed by atoms with Gasteiger partial charge in [-0.05, 0) is 75.3 Å². The number of alkyl carbamates (subject to hydrolysis) is 1. The first kappa shape index (κ1) is 26.4. The molecule has 0 spiro atoms. The molecule has 202 valence electrons. The van der Waals surface area contributed by atoms with Gasteiger partial charge in [-0.1, -0.05) is 54.6 Å². The molecule has 0 saturated carbocycles. The third kappa shape index (κ3) is 5.96. The quantitative estimate of drug-likeness (QED) is 0.240. The van der Waals surface area contributed by atoms with Crippen molar-refractivity contribution in [3.63, 3.8) is 0 Å². The SMILES string of the molecule is CC(C)OC(=O)NC(=N)c1ccc2cc(C(=O)NC3CCN(C)CC3)n(Cc3cccc4ccccc34)c2c1. The molecule has 1 aromatic heterocycles. The first-order valence-electron chi connectivity index (χ1n) is 13.4. The van der Waals surface area contributed by atoms with Crippen molar-refractivity contribution in [1.29, 1.82) is 5.41 Å². The minimum absolute atomic E-state index is 0.0576. The Balaban J connectivity index is 1.52. The largest absolute Gasteiger partial charge is 0.447 e. The summed E-state index contributed by atoms with van der Waals surface area (Å²) in [5.74, 6) is -0.158. The van der Waals surface area contributed by atoms with Gasteiger partial charge in [-0.3, -0.25) is 15.5 Å². The lowest BCUT2D eigenvalue weighted by atomic mass is 10.0. The van der Waals surface area contributed by atoms with Gasteiger partial charge < -0.3 is 19.5 Å². The number of amidine groups is 1. The van der Waals surface area contributed by atoms with E-state index in [1.165, 1.54) is 0 Å². The summed E-state index contributed by atoms with van der Waals surface area (Å²) >= 11 is 0. The lowest BCUT2D eigenvalue weighted by molar-refractivity contribution is 0.0908. The molecule has 0 bridgehead atoms. The van der Waals surface area contributed by atoms with Crippen LogP contribution in [0.2, 0.25) is 0 Å². The third-order valence-corrected chi connectivity index (χ3v) is 7.26. The van der Waals surface area contributed by atoms with Gasteiger partial charge in [0, 0.05) is 29.1 Å². The maximum absolute atomic E-state index is 13.6. The van der Waals surface area contributed by atoms with Crippen LogP contribution >= 0.6 is 0 Å². The molecule has 8 heteroatoms. The number of nitrogens with one attached hydrogen (secondary N) is 3. The van der Waals surface area contributed by atoms with Gasteiger partial charge in [-0.25, -0.2) is 4.79 Å². The molecule has 0 aliphatic carbocycles. The Morgan fingerprint density at radius 1 is 1.00 bits per heavy atom. The minimum atomic E-state index is -0.667. The average Bonchev–Trinajstić information content (AvgIpc) is 3.27. The van der Waals surface area contributed by atoms with Crippen LogP contribution in [0.4, 0.5) is 4.79 Å². The fourth-order valence-electron chi connectivity index (χ4n) is 5.20. The fraction of sp³-hybridized carbons (Fsp3) is 0.323. The second-order valence-electron chi connectivity index (χ2n) is 10.5. The van der Waals surface area contributed by atoms with E-state index in [9.17, 15) is 9.59 Å². The minimum Gasteiger partial charge on any atom is -0.447 e. The molecule has 3 aromatic carbocycles. The van der Waals surface area contributed by atoms with Crippen LogP contribution < -0.4 is 10.6 Å². The number of rotatable bonds is 6. The van der Waals surface area contributed by atoms with Gasteiger partial charge in [0.05, 0.1) is 6.10 Å². The lowest BCUT2D eigenvalue weighted by Gasteiger charge is -2.29. The maximum atomic E-state index is 13.6. The number of carbonyl (C=O) groups excluding carboxylic acids is 2. The van der Waals surface area contributed by atoms with E-state index in [4.69, 9.17) is 10.1 Å². The highest BCUT2D eigenvalue weighted by Gasteiger charge is 2.23. The van der Waals surface area contributed by atoms with Gasteiger partial charge in [0.2, 0.25) is 0 Å². The molecule has 2 heterocycles. The highest BCUT2D eigenvalue weighted by Crippen LogP contribution is 2.26. The molecule has 1 aliphatic heterocycles. The zero-order chi connectivity index (χ0) is 27.5. The topological polar surface area (TPSA) is 99.4 Å². The molecule has 8 nitrogen and oxygen atoms in total. The van der Waals surface area contributed by atoms with E-state index < -0.39 is 6.09 Å². The summed E-state index contributed by atoms with van der Waals surface area (Å²) in [5, 5.41) is 17.4. The zero-order valence-corrected chi connectivity index (χ0v) is 22.7. The van der Waals surface area contributed by atoms with E-state index in [0.717, 1.165) is 53.2 Å². The lowest BCUT2D eigenvalue weighted by Crippen LogP contribution is -2.43. The highest BCUT2D eigenvalue weighted by molar-refractivity contribution is 6.07. The number of benzene rings is 3. The number of hydrogen-bond donors (Lipinski definition) is 3. The van der Waals surface area contributed by atoms with Crippen molar-refractivity contribution in [2.24, 2.45) is 0 Å². The summed E-state index contributed by atoms with van der Waals surface area (Å²) in [6, 6.07) is 22.0. The Morgan fingerprint density at radius 3 is 2.51 bits per heavy atom. The van der Waals surface area contributed by atoms with Crippen molar-refractivity contribution in [3.05, 3.63) is 83.6 Å². The predicted octanol–water partition coefficient (Wildman–Crippen LogP) is 5.13. The second-order valence-corrected chi connectivity index (χ2v) is 10.5. The molecule has 0 atom stereocenters. The molecule has 5 rings (SSSR count). The number of amides is 2. The van der Waals surface area contributed by atoms with Gasteiger partial charge >= 0.3 is 6.09 Å². The Hall–Kier alpha value is -4.17. The molecule has 1 saturated heterocycles. The normalized spacial score (nSPS) is 14.6. The van der Waals surface area contributed by atoms with Crippen LogP contribution in [0.15, 0.2) is 66.7 Å². The predicted molar refractivity (Wildman–Crippen MR) is 155 cm³/mol. The summed E-state index contributed by atoms with van der Waals surface area (Å²) in [7, 11) is 2.10. The molecular weight excluding hydrogens is 490 g/mol. The van der Waals surface area contributed by atoms with Gasteiger partial charge in [-0.15, -0.1) is 0 Å². The van der Waals surface area contributed by atoms with Crippen LogP contribution in [-0.4, -0.2) is 59.6 Å². The van der Waals surface area contributed by atoms with E-state index in [1.807, 2.05) is 41.0 Å². The standard InChI is InChI=1S/C31H35N5O3/c1-20(2)39-31(38)34-29(32)23-12-11-22-17-28(30(37)33-25-13-15-35(3)16-14-25)36(27(22)18-23)19-24-9-6-8-21-7-4-5-10-26(21)24/h4-12,17-18,20,25H,13-16,19H2,1-3H3,(H,33,37)(H2,32,34,38). The van der Waals surface area contributed by atoms with E-state index in [1.54, 1.807) is 19.9 Å². The van der Waals surface area contributed by atoms with Crippen molar-refractivity contribution < 1.29 is 14.3 Å². The fourth-order valence-corrected chi connectivity index (χ4v) is 5.20. The third-order valence-electron chi connectivity index (χ3n) is 7.26. The molecule has 2 amide bonds. The molecule has 0 radical (unpaired) electrons. The van der Waals surface area contributed by atoms with E-state index >= 15 is 0 Å². The van der Waals surface area contributed by atoms with Crippen LogP contribution in [0.1, 0.15) is 48.3 Å². The van der Waals surface area contributed by atoms with Gasteiger partial charge in [0.1, 0.15) is 11.5 Å². The van der Waals surface area contributed by atoms with Crippen molar-refractivity contribution in [2.75, 3.05) is 20.1 Å². The summed E-state index contributed by atoms with van der Waals surface area (Å²) in [5.41, 5.74) is 3.02. The molecule has 3 N–H and O–H groups in total. The van der Waals surface area contributed by atoms with Crippen LogP contribution in [0.25, 0.3) is 21.7 Å². The summed E-state index contributed by atoms with van der Waals surface area (Å²) in [6.07, 6.45) is 0.888. The summed E-state index contributed by atoms with van der Waals surface area (Å²) in [4.78, 5) is 28.0. The number of carbonyl (C=O) groups is 2. The Kier molecular flexibility index (Phi) is 7.65. The van der Waals surface area contributed by atoms with E-state index in [2.05, 4.69) is 46.8 Å². The number of piperidine rings is 1. The number of nitrogens with zero attached hydrogens (tertiary/aromatic N) is 2.